The zero-order valence-electron chi connectivity index (χ0n) is 11.8. The fourth-order valence-corrected chi connectivity index (χ4v) is 1.74. The van der Waals surface area contributed by atoms with E-state index in [0.29, 0.717) is 6.42 Å². The molecule has 1 rings (SSSR count). The van der Waals surface area contributed by atoms with Gasteiger partial charge in [-0.2, -0.15) is 0 Å². The van der Waals surface area contributed by atoms with Crippen molar-refractivity contribution in [2.75, 3.05) is 0 Å². The number of hydrazine groups is 1. The minimum Gasteiger partial charge on any atom is -0.473 e. The van der Waals surface area contributed by atoms with Crippen LogP contribution >= 0.6 is 0 Å². The van der Waals surface area contributed by atoms with Crippen LogP contribution in [0, 0.1) is 16.0 Å². The van der Waals surface area contributed by atoms with Crippen molar-refractivity contribution in [2.24, 2.45) is 11.8 Å². The zero-order valence-corrected chi connectivity index (χ0v) is 11.8. The maximum absolute atomic E-state index is 11.6. The molecule has 1 aromatic carbocycles. The summed E-state index contributed by atoms with van der Waals surface area (Å²) in [5, 5.41) is 11.1. The third kappa shape index (κ3) is 3.67. The van der Waals surface area contributed by atoms with Gasteiger partial charge in [0.1, 0.15) is 0 Å². The molecular weight excluding hydrogens is 262 g/mol. The molecule has 0 saturated carbocycles. The molecule has 0 saturated heterocycles. The molecule has 1 aromatic rings. The highest BCUT2D eigenvalue weighted by Crippen LogP contribution is 2.30. The molecule has 7 nitrogen and oxygen atoms in total. The first-order valence-electron chi connectivity index (χ1n) is 6.35. The Kier molecular flexibility index (Phi) is 5.45. The number of rotatable bonds is 6. The third-order valence-electron chi connectivity index (χ3n) is 2.89. The van der Waals surface area contributed by atoms with Gasteiger partial charge in [-0.3, -0.25) is 20.3 Å². The van der Waals surface area contributed by atoms with Crippen LogP contribution in [0.2, 0.25) is 0 Å². The van der Waals surface area contributed by atoms with Crippen LogP contribution in [0.5, 0.6) is 5.75 Å². The molecule has 0 aliphatic rings. The second kappa shape index (κ2) is 6.85. The van der Waals surface area contributed by atoms with Gasteiger partial charge >= 0.3 is 5.69 Å². The maximum Gasteiger partial charge on any atom is 0.311 e. The zero-order chi connectivity index (χ0) is 15.3. The molecule has 0 aliphatic heterocycles. The van der Waals surface area contributed by atoms with Gasteiger partial charge in [0, 0.05) is 6.07 Å². The highest BCUT2D eigenvalue weighted by atomic mass is 16.6. The fourth-order valence-electron chi connectivity index (χ4n) is 1.74. The molecule has 0 aromatic heterocycles. The van der Waals surface area contributed by atoms with Crippen molar-refractivity contribution >= 4 is 11.6 Å². The summed E-state index contributed by atoms with van der Waals surface area (Å²) < 4.78 is 5.49. The number of nitro benzene ring substituents is 1. The summed E-state index contributed by atoms with van der Waals surface area (Å²) in [5.74, 6) is 4.46. The molecule has 0 fully saturated rings. The van der Waals surface area contributed by atoms with E-state index < -0.39 is 16.9 Å². The normalized spacial score (nSPS) is 12.1. The van der Waals surface area contributed by atoms with Gasteiger partial charge in [-0.15, -0.1) is 0 Å². The molecule has 0 spiro atoms. The molecule has 110 valence electrons. The first-order chi connectivity index (χ1) is 9.40. The average Bonchev–Trinajstić information content (AvgIpc) is 2.43. The van der Waals surface area contributed by atoms with Crippen LogP contribution < -0.4 is 16.0 Å². The predicted molar refractivity (Wildman–Crippen MR) is 74.1 cm³/mol. The van der Waals surface area contributed by atoms with Gasteiger partial charge in [-0.05, 0) is 24.0 Å². The van der Waals surface area contributed by atoms with E-state index in [9.17, 15) is 14.9 Å². The van der Waals surface area contributed by atoms with Crippen molar-refractivity contribution in [3.05, 3.63) is 33.9 Å². The number of nitrogens with one attached hydrogen (secondary N) is 1. The average molecular weight is 281 g/mol. The molecule has 7 heteroatoms. The number of nitro groups is 1. The summed E-state index contributed by atoms with van der Waals surface area (Å²) in [4.78, 5) is 22.2. The van der Waals surface area contributed by atoms with Crippen molar-refractivity contribution in [3.63, 3.8) is 0 Å². The second-order valence-electron chi connectivity index (χ2n) is 4.70. The number of hydrogen-bond acceptors (Lipinski definition) is 5. The Labute approximate surface area is 117 Å². The SMILES string of the molecule is CCc1ccc(OC(C(=O)NN)C(C)C)c([N+](=O)[O-])c1. The van der Waals surface area contributed by atoms with Crippen molar-refractivity contribution in [1.82, 2.24) is 5.43 Å². The summed E-state index contributed by atoms with van der Waals surface area (Å²) in [6.45, 7) is 5.44. The van der Waals surface area contributed by atoms with E-state index in [4.69, 9.17) is 10.6 Å². The summed E-state index contributed by atoms with van der Waals surface area (Å²) in [6, 6.07) is 4.70. The van der Waals surface area contributed by atoms with Crippen molar-refractivity contribution in [2.45, 2.75) is 33.3 Å². The second-order valence-corrected chi connectivity index (χ2v) is 4.70. The lowest BCUT2D eigenvalue weighted by Crippen LogP contribution is -2.44. The van der Waals surface area contributed by atoms with Crippen LogP contribution in [0.3, 0.4) is 0 Å². The van der Waals surface area contributed by atoms with Crippen LogP contribution in [0.1, 0.15) is 26.3 Å². The first-order valence-corrected chi connectivity index (χ1v) is 6.35. The molecule has 0 bridgehead atoms. The highest BCUT2D eigenvalue weighted by molar-refractivity contribution is 5.80. The van der Waals surface area contributed by atoms with Crippen LogP contribution in [-0.2, 0) is 11.2 Å². The monoisotopic (exact) mass is 281 g/mol. The molecule has 3 N–H and O–H groups in total. The van der Waals surface area contributed by atoms with Crippen LogP contribution in [-0.4, -0.2) is 16.9 Å². The maximum atomic E-state index is 11.6. The number of ether oxygens (including phenoxy) is 1. The van der Waals surface area contributed by atoms with E-state index in [1.807, 2.05) is 12.3 Å². The number of benzene rings is 1. The number of nitrogens with zero attached hydrogens (tertiary/aromatic N) is 1. The Morgan fingerprint density at radius 2 is 2.15 bits per heavy atom. The van der Waals surface area contributed by atoms with Crippen molar-refractivity contribution in [1.29, 1.82) is 0 Å². The van der Waals surface area contributed by atoms with E-state index in [1.54, 1.807) is 19.9 Å². The lowest BCUT2D eigenvalue weighted by Gasteiger charge is -2.20. The van der Waals surface area contributed by atoms with Gasteiger partial charge in [0.15, 0.2) is 11.9 Å². The van der Waals surface area contributed by atoms with Gasteiger partial charge in [0.05, 0.1) is 4.92 Å². The minimum absolute atomic E-state index is 0.0644. The summed E-state index contributed by atoms with van der Waals surface area (Å²) in [6.07, 6.45) is -0.205. The molecule has 1 atom stereocenters. The smallest absolute Gasteiger partial charge is 0.311 e. The van der Waals surface area contributed by atoms with Crippen molar-refractivity contribution < 1.29 is 14.5 Å². The summed E-state index contributed by atoms with van der Waals surface area (Å²) in [5.41, 5.74) is 2.68. The van der Waals surface area contributed by atoms with Gasteiger partial charge in [-0.1, -0.05) is 26.8 Å². The summed E-state index contributed by atoms with van der Waals surface area (Å²) in [7, 11) is 0. The topological polar surface area (TPSA) is 107 Å². The lowest BCUT2D eigenvalue weighted by molar-refractivity contribution is -0.386. The van der Waals surface area contributed by atoms with E-state index >= 15 is 0 Å². The first kappa shape index (κ1) is 15.9. The van der Waals surface area contributed by atoms with Gasteiger partial charge in [0.2, 0.25) is 0 Å². The molecule has 0 radical (unpaired) electrons. The van der Waals surface area contributed by atoms with E-state index in [0.717, 1.165) is 5.56 Å². The molecule has 1 amide bonds. The largest absolute Gasteiger partial charge is 0.473 e. The van der Waals surface area contributed by atoms with Gasteiger partial charge in [0.25, 0.3) is 5.91 Å². The van der Waals surface area contributed by atoms with E-state index in [-0.39, 0.29) is 17.4 Å². The number of amides is 1. The highest BCUT2D eigenvalue weighted by Gasteiger charge is 2.27. The third-order valence-corrected chi connectivity index (χ3v) is 2.89. The Hall–Kier alpha value is -2.15. The molecule has 20 heavy (non-hydrogen) atoms. The van der Waals surface area contributed by atoms with Crippen LogP contribution in [0.15, 0.2) is 18.2 Å². The minimum atomic E-state index is -0.883. The fraction of sp³-hybridized carbons (Fsp3) is 0.462. The van der Waals surface area contributed by atoms with E-state index in [1.165, 1.54) is 12.1 Å². The molecule has 1 unspecified atom stereocenters. The van der Waals surface area contributed by atoms with Crippen molar-refractivity contribution in [3.8, 4) is 5.75 Å². The van der Waals surface area contributed by atoms with E-state index in [2.05, 4.69) is 0 Å². The number of carbonyl (C=O) groups excluding carboxylic acids is 1. The van der Waals surface area contributed by atoms with Crippen LogP contribution in [0.25, 0.3) is 0 Å². The predicted octanol–water partition coefficient (Wildman–Crippen LogP) is 1.55. The van der Waals surface area contributed by atoms with Crippen LogP contribution in [0.4, 0.5) is 5.69 Å². The Balaban J connectivity index is 3.12. The molecular formula is C13H19N3O4. The standard InChI is InChI=1S/C13H19N3O4/c1-4-9-5-6-11(10(7-9)16(18)19)20-12(8(2)3)13(17)15-14/h5-8,12H,4,14H2,1-3H3,(H,15,17). The molecule has 0 heterocycles. The Morgan fingerprint density at radius 1 is 1.50 bits per heavy atom. The summed E-state index contributed by atoms with van der Waals surface area (Å²) >= 11 is 0. The lowest BCUT2D eigenvalue weighted by atomic mass is 10.1. The number of carbonyl (C=O) groups is 1. The Morgan fingerprint density at radius 3 is 2.60 bits per heavy atom. The van der Waals surface area contributed by atoms with Gasteiger partial charge < -0.3 is 4.74 Å². The van der Waals surface area contributed by atoms with Gasteiger partial charge in [-0.25, -0.2) is 5.84 Å². The molecule has 0 aliphatic carbocycles. The quantitative estimate of drug-likeness (QED) is 0.356. The number of nitrogens with two attached hydrogens (primary N) is 1. The number of hydrogen-bond donors (Lipinski definition) is 2. The number of aryl methyl sites for hydroxylation is 1. The Bertz CT molecular complexity index is 502.